The van der Waals surface area contributed by atoms with E-state index in [4.69, 9.17) is 4.74 Å². The van der Waals surface area contributed by atoms with E-state index < -0.39 is 5.97 Å². The molecule has 1 amide bonds. The van der Waals surface area contributed by atoms with E-state index in [1.165, 1.54) is 17.8 Å². The summed E-state index contributed by atoms with van der Waals surface area (Å²) in [7, 11) is 0. The van der Waals surface area contributed by atoms with E-state index in [0.717, 1.165) is 48.7 Å². The van der Waals surface area contributed by atoms with Crippen LogP contribution >= 0.6 is 22.7 Å². The summed E-state index contributed by atoms with van der Waals surface area (Å²) < 4.78 is 5.16. The topological polar surface area (TPSA) is 59.5 Å². The molecule has 0 aliphatic carbocycles. The summed E-state index contributed by atoms with van der Waals surface area (Å²) in [5.74, 6) is -0.645. The normalized spacial score (nSPS) is 15.6. The molecule has 0 atom stereocenters. The van der Waals surface area contributed by atoms with Gasteiger partial charge in [-0.3, -0.25) is 4.79 Å². The van der Waals surface area contributed by atoms with Crippen molar-refractivity contribution >= 4 is 34.6 Å². The highest BCUT2D eigenvalue weighted by Gasteiger charge is 2.19. The van der Waals surface area contributed by atoms with Crippen molar-refractivity contribution in [2.75, 3.05) is 19.7 Å². The number of thiophene rings is 1. The molecule has 3 rings (SSSR count). The van der Waals surface area contributed by atoms with Gasteiger partial charge < -0.3 is 9.64 Å². The van der Waals surface area contributed by atoms with Gasteiger partial charge >= 0.3 is 5.97 Å². The average Bonchev–Trinajstić information content (AvgIpc) is 3.22. The summed E-state index contributed by atoms with van der Waals surface area (Å²) in [6, 6.07) is 3.91. The predicted molar refractivity (Wildman–Crippen MR) is 95.4 cm³/mol. The Balaban J connectivity index is 1.52. The summed E-state index contributed by atoms with van der Waals surface area (Å²) in [4.78, 5) is 31.4. The van der Waals surface area contributed by atoms with E-state index in [1.54, 1.807) is 16.7 Å². The standard InChI is InChI=1S/C17H20N2O3S2/c20-15(19-8-4-2-1-3-5-9-19)11-22-17(21)13-12-24-16(18-13)14-7-6-10-23-14/h6-7,10,12H,1-5,8-9,11H2. The minimum Gasteiger partial charge on any atom is -0.451 e. The van der Waals surface area contributed by atoms with Crippen LogP contribution in [-0.2, 0) is 9.53 Å². The fourth-order valence-corrected chi connectivity index (χ4v) is 4.27. The van der Waals surface area contributed by atoms with Crippen LogP contribution in [0.4, 0.5) is 0 Å². The minimum absolute atomic E-state index is 0.112. The van der Waals surface area contributed by atoms with Crippen molar-refractivity contribution < 1.29 is 14.3 Å². The lowest BCUT2D eigenvalue weighted by Crippen LogP contribution is -2.36. The van der Waals surface area contributed by atoms with E-state index >= 15 is 0 Å². The monoisotopic (exact) mass is 364 g/mol. The van der Waals surface area contributed by atoms with Crippen LogP contribution < -0.4 is 0 Å². The van der Waals surface area contributed by atoms with Gasteiger partial charge in [-0.2, -0.15) is 0 Å². The maximum atomic E-state index is 12.2. The van der Waals surface area contributed by atoms with Gasteiger partial charge in [-0.1, -0.05) is 25.3 Å². The van der Waals surface area contributed by atoms with Gasteiger partial charge in [0, 0.05) is 18.5 Å². The van der Waals surface area contributed by atoms with Crippen LogP contribution in [0.5, 0.6) is 0 Å². The molecule has 2 aromatic rings. The molecule has 1 saturated heterocycles. The van der Waals surface area contributed by atoms with Gasteiger partial charge in [0.05, 0.1) is 4.88 Å². The molecule has 24 heavy (non-hydrogen) atoms. The van der Waals surface area contributed by atoms with Crippen LogP contribution in [0.2, 0.25) is 0 Å². The Morgan fingerprint density at radius 1 is 1.12 bits per heavy atom. The molecule has 1 aliphatic rings. The second kappa shape index (κ2) is 8.39. The highest BCUT2D eigenvalue weighted by Crippen LogP contribution is 2.27. The van der Waals surface area contributed by atoms with E-state index in [-0.39, 0.29) is 18.2 Å². The van der Waals surface area contributed by atoms with Gasteiger partial charge in [0.1, 0.15) is 5.01 Å². The number of nitrogens with zero attached hydrogens (tertiary/aromatic N) is 2. The number of carbonyl (C=O) groups excluding carboxylic acids is 2. The first-order valence-electron chi connectivity index (χ1n) is 8.18. The second-order valence-electron chi connectivity index (χ2n) is 5.74. The molecule has 1 fully saturated rings. The number of ether oxygens (including phenoxy) is 1. The molecular formula is C17H20N2O3S2. The third-order valence-corrected chi connectivity index (χ3v) is 5.86. The minimum atomic E-state index is -0.533. The van der Waals surface area contributed by atoms with Crippen molar-refractivity contribution in [3.8, 4) is 9.88 Å². The molecule has 0 bridgehead atoms. The summed E-state index contributed by atoms with van der Waals surface area (Å²) in [6.07, 6.45) is 5.61. The van der Waals surface area contributed by atoms with Gasteiger partial charge in [0.15, 0.2) is 12.3 Å². The van der Waals surface area contributed by atoms with Gasteiger partial charge in [-0.05, 0) is 24.3 Å². The molecule has 0 radical (unpaired) electrons. The quantitative estimate of drug-likeness (QED) is 0.774. The SMILES string of the molecule is O=C(OCC(=O)N1CCCCCCC1)c1csc(-c2cccs2)n1. The first-order valence-corrected chi connectivity index (χ1v) is 9.94. The lowest BCUT2D eigenvalue weighted by molar-refractivity contribution is -0.134. The number of rotatable bonds is 4. The zero-order chi connectivity index (χ0) is 16.8. The van der Waals surface area contributed by atoms with Gasteiger partial charge in [-0.15, -0.1) is 22.7 Å². The molecule has 5 nitrogen and oxygen atoms in total. The number of aromatic nitrogens is 1. The molecule has 128 valence electrons. The first-order chi connectivity index (χ1) is 11.7. The highest BCUT2D eigenvalue weighted by atomic mass is 32.1. The number of amides is 1. The number of esters is 1. The Morgan fingerprint density at radius 2 is 1.88 bits per heavy atom. The Hall–Kier alpha value is -1.73. The zero-order valence-corrected chi connectivity index (χ0v) is 15.0. The molecule has 0 spiro atoms. The number of thiazole rings is 1. The van der Waals surface area contributed by atoms with Crippen LogP contribution in [0.1, 0.15) is 42.6 Å². The van der Waals surface area contributed by atoms with Crippen molar-refractivity contribution in [1.29, 1.82) is 0 Å². The summed E-state index contributed by atoms with van der Waals surface area (Å²) in [5.41, 5.74) is 0.267. The molecule has 0 unspecified atom stereocenters. The van der Waals surface area contributed by atoms with Crippen molar-refractivity contribution in [3.63, 3.8) is 0 Å². The first kappa shape index (κ1) is 17.1. The van der Waals surface area contributed by atoms with Crippen LogP contribution in [0, 0.1) is 0 Å². The zero-order valence-electron chi connectivity index (χ0n) is 13.4. The predicted octanol–water partition coefficient (Wildman–Crippen LogP) is 3.82. The maximum absolute atomic E-state index is 12.2. The Kier molecular flexibility index (Phi) is 5.98. The smallest absolute Gasteiger partial charge is 0.358 e. The number of hydrogen-bond donors (Lipinski definition) is 0. The number of hydrogen-bond acceptors (Lipinski definition) is 6. The summed E-state index contributed by atoms with van der Waals surface area (Å²) in [6.45, 7) is 1.32. The fraction of sp³-hybridized carbons (Fsp3) is 0.471. The van der Waals surface area contributed by atoms with Gasteiger partial charge in [-0.25, -0.2) is 9.78 Å². The Morgan fingerprint density at radius 3 is 2.58 bits per heavy atom. The number of carbonyl (C=O) groups is 2. The van der Waals surface area contributed by atoms with E-state index in [2.05, 4.69) is 4.98 Å². The maximum Gasteiger partial charge on any atom is 0.358 e. The van der Waals surface area contributed by atoms with Crippen molar-refractivity contribution in [2.24, 2.45) is 0 Å². The summed E-state index contributed by atoms with van der Waals surface area (Å²) >= 11 is 2.98. The van der Waals surface area contributed by atoms with Crippen molar-refractivity contribution in [3.05, 3.63) is 28.6 Å². The van der Waals surface area contributed by atoms with E-state index in [1.807, 2.05) is 22.4 Å². The van der Waals surface area contributed by atoms with Crippen LogP contribution in [0.15, 0.2) is 22.9 Å². The molecular weight excluding hydrogens is 344 g/mol. The molecule has 2 aromatic heterocycles. The largest absolute Gasteiger partial charge is 0.451 e. The molecule has 1 aliphatic heterocycles. The van der Waals surface area contributed by atoms with E-state index in [9.17, 15) is 9.59 Å². The molecule has 7 heteroatoms. The van der Waals surface area contributed by atoms with E-state index in [0.29, 0.717) is 0 Å². The molecule has 0 N–H and O–H groups in total. The third kappa shape index (κ3) is 4.42. The van der Waals surface area contributed by atoms with Gasteiger partial charge in [0.2, 0.25) is 0 Å². The Bertz CT molecular complexity index is 674. The van der Waals surface area contributed by atoms with Crippen LogP contribution in [0.25, 0.3) is 9.88 Å². The molecule has 0 saturated carbocycles. The van der Waals surface area contributed by atoms with Crippen molar-refractivity contribution in [1.82, 2.24) is 9.88 Å². The lowest BCUT2D eigenvalue weighted by atomic mass is 10.1. The number of likely N-dealkylation sites (tertiary alicyclic amines) is 1. The lowest BCUT2D eigenvalue weighted by Gasteiger charge is -2.24. The van der Waals surface area contributed by atoms with Crippen LogP contribution in [-0.4, -0.2) is 41.5 Å². The van der Waals surface area contributed by atoms with Crippen LogP contribution in [0.3, 0.4) is 0 Å². The second-order valence-corrected chi connectivity index (χ2v) is 7.55. The molecule has 3 heterocycles. The highest BCUT2D eigenvalue weighted by molar-refractivity contribution is 7.20. The Labute approximate surface area is 149 Å². The van der Waals surface area contributed by atoms with Gasteiger partial charge in [0.25, 0.3) is 5.91 Å². The summed E-state index contributed by atoms with van der Waals surface area (Å²) in [5, 5.41) is 4.45. The molecule has 0 aromatic carbocycles. The van der Waals surface area contributed by atoms with Crippen molar-refractivity contribution in [2.45, 2.75) is 32.1 Å². The third-order valence-electron chi connectivity index (χ3n) is 3.98. The average molecular weight is 364 g/mol. The fourth-order valence-electron chi connectivity index (χ4n) is 2.67.